The van der Waals surface area contributed by atoms with Gasteiger partial charge in [0.2, 0.25) is 11.8 Å². The standard InChI is InChI=1S/C28H36N4O5/c1-6-18(2)23(30-21-11-7-19(8-12-21)25(35)29-16-15-24(33)34)17-36-22-13-9-20(10-14-22)26-31-32-27(37-26)28(3,4)5/h7-14,18,23,30H,6,15-17H2,1-5H3,(H,29,35)(H,33,34)/t18-,23+/m0/s1. The summed E-state index contributed by atoms with van der Waals surface area (Å²) in [6.07, 6.45) is 0.858. The molecule has 2 atom stereocenters. The first-order chi connectivity index (χ1) is 17.6. The Kier molecular flexibility index (Phi) is 9.27. The van der Waals surface area contributed by atoms with Crippen LogP contribution in [0.2, 0.25) is 0 Å². The van der Waals surface area contributed by atoms with E-state index in [-0.39, 0.29) is 30.3 Å². The average Bonchev–Trinajstić information content (AvgIpc) is 3.38. The van der Waals surface area contributed by atoms with E-state index in [1.165, 1.54) is 0 Å². The lowest BCUT2D eigenvalue weighted by Gasteiger charge is -2.25. The van der Waals surface area contributed by atoms with Crippen LogP contribution in [0.25, 0.3) is 11.5 Å². The fourth-order valence-corrected chi connectivity index (χ4v) is 3.47. The predicted octanol–water partition coefficient (Wildman–Crippen LogP) is 5.14. The fourth-order valence-electron chi connectivity index (χ4n) is 3.47. The van der Waals surface area contributed by atoms with Gasteiger partial charge in [0.05, 0.1) is 12.5 Å². The number of amides is 1. The number of hydrogen-bond acceptors (Lipinski definition) is 7. The number of carbonyl (C=O) groups excluding carboxylic acids is 1. The van der Waals surface area contributed by atoms with Gasteiger partial charge in [-0.1, -0.05) is 41.0 Å². The first kappa shape index (κ1) is 27.7. The summed E-state index contributed by atoms with van der Waals surface area (Å²) in [6.45, 7) is 10.9. The van der Waals surface area contributed by atoms with E-state index in [0.717, 1.165) is 23.4 Å². The minimum absolute atomic E-state index is 0.0465. The highest BCUT2D eigenvalue weighted by molar-refractivity contribution is 5.94. The SMILES string of the molecule is CC[C@H](C)[C@@H](COc1ccc(-c2nnc(C(C)(C)C)o2)cc1)Nc1ccc(C(=O)NCCC(=O)O)cc1. The van der Waals surface area contributed by atoms with Crippen molar-refractivity contribution in [2.75, 3.05) is 18.5 Å². The molecule has 1 heterocycles. The first-order valence-electron chi connectivity index (χ1n) is 12.5. The van der Waals surface area contributed by atoms with Crippen molar-refractivity contribution in [3.05, 3.63) is 60.0 Å². The van der Waals surface area contributed by atoms with E-state index in [1.54, 1.807) is 12.1 Å². The molecule has 3 aromatic rings. The Morgan fingerprint density at radius 2 is 1.73 bits per heavy atom. The fraction of sp³-hybridized carbons (Fsp3) is 0.429. The summed E-state index contributed by atoms with van der Waals surface area (Å²) < 4.78 is 11.9. The Morgan fingerprint density at radius 3 is 2.30 bits per heavy atom. The largest absolute Gasteiger partial charge is 0.491 e. The van der Waals surface area contributed by atoms with Gasteiger partial charge in [0.1, 0.15) is 12.4 Å². The van der Waals surface area contributed by atoms with Gasteiger partial charge in [-0.05, 0) is 54.4 Å². The Hall–Kier alpha value is -3.88. The normalized spacial score (nSPS) is 13.0. The molecule has 0 radical (unpaired) electrons. The Morgan fingerprint density at radius 1 is 1.05 bits per heavy atom. The molecule has 0 aliphatic carbocycles. The quantitative estimate of drug-likeness (QED) is 0.307. The molecule has 0 fully saturated rings. The molecule has 9 nitrogen and oxygen atoms in total. The maximum Gasteiger partial charge on any atom is 0.305 e. The van der Waals surface area contributed by atoms with Gasteiger partial charge in [-0.2, -0.15) is 0 Å². The van der Waals surface area contributed by atoms with Crippen molar-refractivity contribution in [3.8, 4) is 17.2 Å². The summed E-state index contributed by atoms with van der Waals surface area (Å²) in [7, 11) is 0. The summed E-state index contributed by atoms with van der Waals surface area (Å²) in [6, 6.07) is 14.7. The Bertz CT molecular complexity index is 1170. The summed E-state index contributed by atoms with van der Waals surface area (Å²) in [5.74, 6) is 0.908. The van der Waals surface area contributed by atoms with Crippen LogP contribution in [0.15, 0.2) is 52.9 Å². The lowest BCUT2D eigenvalue weighted by molar-refractivity contribution is -0.136. The molecule has 0 aliphatic heterocycles. The summed E-state index contributed by atoms with van der Waals surface area (Å²) in [5.41, 5.74) is 1.97. The number of rotatable bonds is 12. The number of ether oxygens (including phenoxy) is 1. The smallest absolute Gasteiger partial charge is 0.305 e. The van der Waals surface area contributed by atoms with Crippen LogP contribution < -0.4 is 15.4 Å². The number of carboxylic acid groups (broad SMARTS) is 1. The number of aliphatic carboxylic acids is 1. The van der Waals surface area contributed by atoms with E-state index in [9.17, 15) is 9.59 Å². The van der Waals surface area contributed by atoms with Crippen LogP contribution in [0.3, 0.4) is 0 Å². The average molecular weight is 509 g/mol. The van der Waals surface area contributed by atoms with Gasteiger partial charge in [-0.25, -0.2) is 0 Å². The number of carbonyl (C=O) groups is 2. The molecule has 9 heteroatoms. The molecule has 1 aromatic heterocycles. The number of aromatic nitrogens is 2. The molecule has 37 heavy (non-hydrogen) atoms. The van der Waals surface area contributed by atoms with Crippen molar-refractivity contribution in [1.82, 2.24) is 15.5 Å². The number of hydrogen-bond donors (Lipinski definition) is 3. The molecule has 1 amide bonds. The summed E-state index contributed by atoms with van der Waals surface area (Å²) in [5, 5.41) is 23.1. The van der Waals surface area contributed by atoms with Crippen LogP contribution in [-0.2, 0) is 10.2 Å². The number of anilines is 1. The van der Waals surface area contributed by atoms with Crippen LogP contribution in [0.1, 0.15) is 63.7 Å². The molecule has 0 spiro atoms. The van der Waals surface area contributed by atoms with Crippen molar-refractivity contribution in [1.29, 1.82) is 0 Å². The highest BCUT2D eigenvalue weighted by Crippen LogP contribution is 2.27. The zero-order valence-corrected chi connectivity index (χ0v) is 22.1. The zero-order chi connectivity index (χ0) is 27.0. The van der Waals surface area contributed by atoms with Crippen LogP contribution in [0, 0.1) is 5.92 Å². The molecule has 2 aromatic carbocycles. The van der Waals surface area contributed by atoms with Crippen molar-refractivity contribution < 1.29 is 23.8 Å². The van der Waals surface area contributed by atoms with Crippen molar-refractivity contribution in [2.45, 2.75) is 58.9 Å². The van der Waals surface area contributed by atoms with Gasteiger partial charge in [0, 0.05) is 28.8 Å². The van der Waals surface area contributed by atoms with Gasteiger partial charge in [-0.15, -0.1) is 10.2 Å². The van der Waals surface area contributed by atoms with Crippen molar-refractivity contribution >= 4 is 17.6 Å². The first-order valence-corrected chi connectivity index (χ1v) is 12.5. The minimum Gasteiger partial charge on any atom is -0.491 e. The monoisotopic (exact) mass is 508 g/mol. The van der Waals surface area contributed by atoms with Gasteiger partial charge in [-0.3, -0.25) is 9.59 Å². The number of benzene rings is 2. The maximum absolute atomic E-state index is 12.2. The Labute approximate surface area is 217 Å². The molecule has 0 bridgehead atoms. The van der Waals surface area contributed by atoms with Crippen LogP contribution in [0.4, 0.5) is 5.69 Å². The van der Waals surface area contributed by atoms with E-state index in [1.807, 2.05) is 57.2 Å². The van der Waals surface area contributed by atoms with Crippen LogP contribution in [-0.4, -0.2) is 46.4 Å². The zero-order valence-electron chi connectivity index (χ0n) is 22.1. The van der Waals surface area contributed by atoms with E-state index in [2.05, 4.69) is 34.7 Å². The highest BCUT2D eigenvalue weighted by atomic mass is 16.5. The molecule has 3 N–H and O–H groups in total. The molecule has 0 unspecified atom stereocenters. The highest BCUT2D eigenvalue weighted by Gasteiger charge is 2.22. The molecular weight excluding hydrogens is 472 g/mol. The number of nitrogens with one attached hydrogen (secondary N) is 2. The molecule has 0 saturated heterocycles. The van der Waals surface area contributed by atoms with E-state index in [0.29, 0.717) is 29.9 Å². The lowest BCUT2D eigenvalue weighted by Crippen LogP contribution is -2.33. The summed E-state index contributed by atoms with van der Waals surface area (Å²) in [4.78, 5) is 22.8. The molecule has 0 aliphatic rings. The van der Waals surface area contributed by atoms with Crippen molar-refractivity contribution in [2.24, 2.45) is 5.92 Å². The number of carboxylic acids is 1. The third-order valence-corrected chi connectivity index (χ3v) is 6.05. The van der Waals surface area contributed by atoms with Gasteiger partial charge < -0.3 is 24.9 Å². The minimum atomic E-state index is -0.949. The predicted molar refractivity (Wildman–Crippen MR) is 142 cm³/mol. The third kappa shape index (κ3) is 8.06. The third-order valence-electron chi connectivity index (χ3n) is 6.05. The van der Waals surface area contributed by atoms with Gasteiger partial charge in [0.15, 0.2) is 0 Å². The summed E-state index contributed by atoms with van der Waals surface area (Å²) >= 11 is 0. The number of nitrogens with zero attached hydrogens (tertiary/aromatic N) is 2. The topological polar surface area (TPSA) is 127 Å². The van der Waals surface area contributed by atoms with E-state index < -0.39 is 5.97 Å². The van der Waals surface area contributed by atoms with Crippen LogP contribution >= 0.6 is 0 Å². The second-order valence-corrected chi connectivity index (χ2v) is 10.1. The van der Waals surface area contributed by atoms with E-state index in [4.69, 9.17) is 14.3 Å². The molecular formula is C28H36N4O5. The molecule has 3 rings (SSSR count). The Balaban J connectivity index is 1.58. The van der Waals surface area contributed by atoms with Crippen LogP contribution in [0.5, 0.6) is 5.75 Å². The second-order valence-electron chi connectivity index (χ2n) is 10.1. The van der Waals surface area contributed by atoms with E-state index >= 15 is 0 Å². The molecule has 198 valence electrons. The van der Waals surface area contributed by atoms with Gasteiger partial charge >= 0.3 is 5.97 Å². The second kappa shape index (κ2) is 12.4. The van der Waals surface area contributed by atoms with Gasteiger partial charge in [0.25, 0.3) is 5.91 Å². The maximum atomic E-state index is 12.2. The van der Waals surface area contributed by atoms with Crippen molar-refractivity contribution in [3.63, 3.8) is 0 Å². The lowest BCUT2D eigenvalue weighted by atomic mass is 9.97. The molecule has 0 saturated carbocycles.